The zero-order valence-corrected chi connectivity index (χ0v) is 14.2. The van der Waals surface area contributed by atoms with Crippen LogP contribution in [0.1, 0.15) is 39.0 Å². The van der Waals surface area contributed by atoms with Gasteiger partial charge in [0.2, 0.25) is 0 Å². The topological polar surface area (TPSA) is 64.1 Å². The molecule has 0 amide bonds. The van der Waals surface area contributed by atoms with Crippen LogP contribution in [0.5, 0.6) is 0 Å². The first-order valence-electron chi connectivity index (χ1n) is 8.58. The third kappa shape index (κ3) is 9.97. The largest absolute Gasteiger partial charge is 0.380 e. The van der Waals surface area contributed by atoms with Gasteiger partial charge in [-0.3, -0.25) is 4.99 Å². The van der Waals surface area contributed by atoms with Gasteiger partial charge < -0.3 is 24.8 Å². The third-order valence-electron chi connectivity index (χ3n) is 3.49. The molecule has 0 saturated carbocycles. The average Bonchev–Trinajstić information content (AvgIpc) is 3.05. The minimum absolute atomic E-state index is 0.315. The summed E-state index contributed by atoms with van der Waals surface area (Å²) in [5, 5.41) is 6.51. The molecule has 1 heterocycles. The highest BCUT2D eigenvalue weighted by Crippen LogP contribution is 2.11. The van der Waals surface area contributed by atoms with Gasteiger partial charge in [-0.1, -0.05) is 13.3 Å². The van der Waals surface area contributed by atoms with Crippen LogP contribution in [-0.2, 0) is 14.2 Å². The Morgan fingerprint density at radius 1 is 1.14 bits per heavy atom. The predicted molar refractivity (Wildman–Crippen MR) is 89.5 cm³/mol. The number of nitrogens with zero attached hydrogens (tertiary/aromatic N) is 1. The molecule has 1 unspecified atom stereocenters. The average molecular weight is 315 g/mol. The number of aliphatic imine (C=N–C) groups is 1. The maximum atomic E-state index is 5.62. The monoisotopic (exact) mass is 315 g/mol. The van der Waals surface area contributed by atoms with E-state index in [9.17, 15) is 0 Å². The van der Waals surface area contributed by atoms with E-state index in [0.29, 0.717) is 12.7 Å². The van der Waals surface area contributed by atoms with E-state index in [2.05, 4.69) is 22.5 Å². The van der Waals surface area contributed by atoms with Crippen LogP contribution in [-0.4, -0.2) is 65.2 Å². The van der Waals surface area contributed by atoms with E-state index in [0.717, 1.165) is 64.7 Å². The lowest BCUT2D eigenvalue weighted by Gasteiger charge is -2.13. The molecule has 0 aromatic heterocycles. The molecule has 130 valence electrons. The molecule has 6 nitrogen and oxygen atoms in total. The Balaban J connectivity index is 1.88. The van der Waals surface area contributed by atoms with Crippen molar-refractivity contribution in [2.45, 2.75) is 45.1 Å². The van der Waals surface area contributed by atoms with Gasteiger partial charge in [0.05, 0.1) is 19.3 Å². The van der Waals surface area contributed by atoms with E-state index >= 15 is 0 Å². The van der Waals surface area contributed by atoms with Gasteiger partial charge in [0.15, 0.2) is 5.96 Å². The van der Waals surface area contributed by atoms with Crippen LogP contribution in [0.25, 0.3) is 0 Å². The Bertz CT molecular complexity index is 282. The van der Waals surface area contributed by atoms with E-state index in [1.807, 2.05) is 0 Å². The predicted octanol–water partition coefficient (Wildman–Crippen LogP) is 1.55. The lowest BCUT2D eigenvalue weighted by Crippen LogP contribution is -2.39. The van der Waals surface area contributed by atoms with Crippen molar-refractivity contribution in [1.82, 2.24) is 10.6 Å². The summed E-state index contributed by atoms with van der Waals surface area (Å²) in [5.41, 5.74) is 0. The summed E-state index contributed by atoms with van der Waals surface area (Å²) in [5.74, 6) is 0.818. The Kier molecular flexibility index (Phi) is 12.0. The van der Waals surface area contributed by atoms with Gasteiger partial charge in [-0.15, -0.1) is 0 Å². The fourth-order valence-corrected chi connectivity index (χ4v) is 2.18. The van der Waals surface area contributed by atoms with Crippen molar-refractivity contribution in [2.75, 3.05) is 53.2 Å². The van der Waals surface area contributed by atoms with Crippen molar-refractivity contribution in [3.05, 3.63) is 0 Å². The van der Waals surface area contributed by atoms with Crippen LogP contribution < -0.4 is 10.6 Å². The van der Waals surface area contributed by atoms with Crippen molar-refractivity contribution in [2.24, 2.45) is 4.99 Å². The van der Waals surface area contributed by atoms with Crippen LogP contribution in [0.2, 0.25) is 0 Å². The SMILES string of the molecule is CCCCOCCNC(=NC)NCCCOCC1CCCO1. The summed E-state index contributed by atoms with van der Waals surface area (Å²) >= 11 is 0. The summed E-state index contributed by atoms with van der Waals surface area (Å²) in [6.45, 7) is 7.71. The molecule has 1 rings (SSSR count). The first-order chi connectivity index (χ1) is 10.9. The molecule has 0 aromatic carbocycles. The molecular formula is C16H33N3O3. The van der Waals surface area contributed by atoms with E-state index < -0.39 is 0 Å². The maximum Gasteiger partial charge on any atom is 0.191 e. The molecule has 1 aliphatic rings. The zero-order valence-electron chi connectivity index (χ0n) is 14.2. The summed E-state index contributed by atoms with van der Waals surface area (Å²) in [7, 11) is 1.78. The van der Waals surface area contributed by atoms with Crippen LogP contribution in [0.3, 0.4) is 0 Å². The van der Waals surface area contributed by atoms with Crippen molar-refractivity contribution in [1.29, 1.82) is 0 Å². The lowest BCUT2D eigenvalue weighted by molar-refractivity contribution is 0.0168. The van der Waals surface area contributed by atoms with Gasteiger partial charge >= 0.3 is 0 Å². The van der Waals surface area contributed by atoms with Gasteiger partial charge in [0.25, 0.3) is 0 Å². The number of hydrogen-bond donors (Lipinski definition) is 2. The first-order valence-corrected chi connectivity index (χ1v) is 8.58. The number of guanidine groups is 1. The number of nitrogens with one attached hydrogen (secondary N) is 2. The smallest absolute Gasteiger partial charge is 0.191 e. The summed E-state index contributed by atoms with van der Waals surface area (Å²) in [6.07, 6.45) is 5.87. The highest BCUT2D eigenvalue weighted by molar-refractivity contribution is 5.79. The fraction of sp³-hybridized carbons (Fsp3) is 0.938. The van der Waals surface area contributed by atoms with E-state index in [1.165, 1.54) is 12.8 Å². The fourth-order valence-electron chi connectivity index (χ4n) is 2.18. The number of hydrogen-bond acceptors (Lipinski definition) is 4. The molecule has 0 spiro atoms. The molecule has 1 fully saturated rings. The van der Waals surface area contributed by atoms with Crippen molar-refractivity contribution >= 4 is 5.96 Å². The van der Waals surface area contributed by atoms with Gasteiger partial charge in [-0.25, -0.2) is 0 Å². The van der Waals surface area contributed by atoms with Crippen molar-refractivity contribution in [3.8, 4) is 0 Å². The van der Waals surface area contributed by atoms with Gasteiger partial charge in [0, 0.05) is 40.0 Å². The van der Waals surface area contributed by atoms with Crippen LogP contribution in [0.4, 0.5) is 0 Å². The highest BCUT2D eigenvalue weighted by atomic mass is 16.5. The second-order valence-corrected chi connectivity index (χ2v) is 5.46. The molecule has 22 heavy (non-hydrogen) atoms. The van der Waals surface area contributed by atoms with Crippen molar-refractivity contribution in [3.63, 3.8) is 0 Å². The van der Waals surface area contributed by atoms with E-state index in [-0.39, 0.29) is 0 Å². The summed E-state index contributed by atoms with van der Waals surface area (Å²) < 4.78 is 16.6. The maximum absolute atomic E-state index is 5.62. The summed E-state index contributed by atoms with van der Waals surface area (Å²) in [4.78, 5) is 4.18. The minimum Gasteiger partial charge on any atom is -0.380 e. The third-order valence-corrected chi connectivity index (χ3v) is 3.49. The van der Waals surface area contributed by atoms with Crippen LogP contribution >= 0.6 is 0 Å². The standard InChI is InChI=1S/C16H33N3O3/c1-3-4-10-20-13-9-19-16(17-2)18-8-6-11-21-14-15-7-5-12-22-15/h15H,3-14H2,1-2H3,(H2,17,18,19). The molecule has 1 saturated heterocycles. The van der Waals surface area contributed by atoms with E-state index in [1.54, 1.807) is 7.05 Å². The van der Waals surface area contributed by atoms with Crippen molar-refractivity contribution < 1.29 is 14.2 Å². The second kappa shape index (κ2) is 13.8. The molecule has 0 radical (unpaired) electrons. The van der Waals surface area contributed by atoms with E-state index in [4.69, 9.17) is 14.2 Å². The Hall–Kier alpha value is -0.850. The Labute approximate surface area is 135 Å². The molecule has 0 aliphatic carbocycles. The molecule has 1 aliphatic heterocycles. The number of rotatable bonds is 12. The number of ether oxygens (including phenoxy) is 3. The normalized spacial score (nSPS) is 18.6. The molecule has 0 bridgehead atoms. The number of unbranched alkanes of at least 4 members (excludes halogenated alkanes) is 1. The minimum atomic E-state index is 0.315. The Morgan fingerprint density at radius 2 is 1.95 bits per heavy atom. The van der Waals surface area contributed by atoms with Gasteiger partial charge in [-0.2, -0.15) is 0 Å². The first kappa shape index (κ1) is 19.2. The van der Waals surface area contributed by atoms with Crippen LogP contribution in [0, 0.1) is 0 Å². The lowest BCUT2D eigenvalue weighted by atomic mass is 10.2. The zero-order chi connectivity index (χ0) is 15.9. The molecule has 0 aromatic rings. The highest BCUT2D eigenvalue weighted by Gasteiger charge is 2.14. The Morgan fingerprint density at radius 3 is 2.68 bits per heavy atom. The molecule has 1 atom stereocenters. The molecule has 6 heteroatoms. The summed E-state index contributed by atoms with van der Waals surface area (Å²) in [6, 6.07) is 0. The second-order valence-electron chi connectivity index (χ2n) is 5.46. The van der Waals surface area contributed by atoms with Crippen LogP contribution in [0.15, 0.2) is 4.99 Å². The quantitative estimate of drug-likeness (QED) is 0.325. The molecule has 2 N–H and O–H groups in total. The molecular weight excluding hydrogens is 282 g/mol. The van der Waals surface area contributed by atoms with Gasteiger partial charge in [0.1, 0.15) is 0 Å². The van der Waals surface area contributed by atoms with Gasteiger partial charge in [-0.05, 0) is 25.7 Å².